The highest BCUT2D eigenvalue weighted by molar-refractivity contribution is 5.40. The lowest BCUT2D eigenvalue weighted by Crippen LogP contribution is -2.36. The summed E-state index contributed by atoms with van der Waals surface area (Å²) in [5.41, 5.74) is 1.56. The van der Waals surface area contributed by atoms with E-state index in [4.69, 9.17) is 0 Å². The smallest absolute Gasteiger partial charge is 0.103 e. The average Bonchev–Trinajstić information content (AvgIpc) is 2.42. The van der Waals surface area contributed by atoms with Gasteiger partial charge in [0, 0.05) is 0 Å². The third kappa shape index (κ3) is 2.05. The summed E-state index contributed by atoms with van der Waals surface area (Å²) in [5, 5.41) is 0. The maximum Gasteiger partial charge on any atom is 0.103 e. The second-order valence-electron chi connectivity index (χ2n) is 4.99. The highest BCUT2D eigenvalue weighted by Gasteiger charge is 2.37. The van der Waals surface area contributed by atoms with E-state index in [0.29, 0.717) is 0 Å². The molecule has 0 radical (unpaired) electrons. The Morgan fingerprint density at radius 1 is 0.833 bits per heavy atom. The lowest BCUT2D eigenvalue weighted by Gasteiger charge is -2.36. The molecule has 0 atom stereocenters. The number of rotatable bonds is 4. The van der Waals surface area contributed by atoms with Crippen LogP contribution in [0.25, 0.3) is 0 Å². The first-order valence-electron chi connectivity index (χ1n) is 6.39. The van der Waals surface area contributed by atoms with Crippen LogP contribution in [0.5, 0.6) is 0 Å². The molecule has 0 unspecified atom stereocenters. The second kappa shape index (κ2) is 5.34. The van der Waals surface area contributed by atoms with Crippen LogP contribution >= 0.6 is 0 Å². The van der Waals surface area contributed by atoms with Crippen molar-refractivity contribution in [2.45, 2.75) is 19.3 Å². The molecule has 0 spiro atoms. The van der Waals surface area contributed by atoms with E-state index in [0.717, 1.165) is 11.1 Å². The lowest BCUT2D eigenvalue weighted by atomic mass is 9.68. The molecule has 0 heterocycles. The molecule has 2 aromatic rings. The molecule has 2 rings (SSSR count). The fraction of sp³-hybridized carbons (Fsp3) is 0.294. The van der Waals surface area contributed by atoms with Crippen LogP contribution < -0.4 is 0 Å². The van der Waals surface area contributed by atoms with Crippen molar-refractivity contribution < 1.29 is 4.39 Å². The minimum absolute atomic E-state index is 0.201. The predicted octanol–water partition coefficient (Wildman–Crippen LogP) is 4.60. The van der Waals surface area contributed by atoms with E-state index in [2.05, 4.69) is 13.8 Å². The highest BCUT2D eigenvalue weighted by atomic mass is 19.1. The summed E-state index contributed by atoms with van der Waals surface area (Å²) in [4.78, 5) is 0. The molecule has 1 heteroatoms. The largest absolute Gasteiger partial charge is 0.250 e. The van der Waals surface area contributed by atoms with Gasteiger partial charge in [0.1, 0.15) is 6.67 Å². The third-order valence-corrected chi connectivity index (χ3v) is 3.77. The van der Waals surface area contributed by atoms with E-state index in [-0.39, 0.29) is 12.6 Å². The zero-order chi connectivity index (χ0) is 13.0. The molecular formula is C17H19F. The van der Waals surface area contributed by atoms with Crippen molar-refractivity contribution in [3.63, 3.8) is 0 Å². The Morgan fingerprint density at radius 3 is 1.50 bits per heavy atom. The van der Waals surface area contributed by atoms with Crippen LogP contribution in [0.2, 0.25) is 0 Å². The van der Waals surface area contributed by atoms with Crippen molar-refractivity contribution >= 4 is 0 Å². The predicted molar refractivity (Wildman–Crippen MR) is 74.5 cm³/mol. The van der Waals surface area contributed by atoms with Gasteiger partial charge in [-0.25, -0.2) is 4.39 Å². The van der Waals surface area contributed by atoms with Gasteiger partial charge in [-0.15, -0.1) is 0 Å². The maximum atomic E-state index is 13.9. The first-order valence-corrected chi connectivity index (χ1v) is 6.39. The van der Waals surface area contributed by atoms with Crippen LogP contribution in [-0.4, -0.2) is 6.67 Å². The molecule has 0 N–H and O–H groups in total. The van der Waals surface area contributed by atoms with Gasteiger partial charge in [-0.05, 0) is 17.0 Å². The summed E-state index contributed by atoms with van der Waals surface area (Å²) < 4.78 is 13.9. The molecule has 0 aliphatic rings. The van der Waals surface area contributed by atoms with Gasteiger partial charge >= 0.3 is 0 Å². The Hall–Kier alpha value is -1.63. The third-order valence-electron chi connectivity index (χ3n) is 3.77. The summed E-state index contributed by atoms with van der Waals surface area (Å²) in [6.45, 7) is 3.79. The fourth-order valence-corrected chi connectivity index (χ4v) is 2.61. The molecule has 0 fully saturated rings. The van der Waals surface area contributed by atoms with E-state index in [1.807, 2.05) is 60.7 Å². The molecular weight excluding hydrogens is 223 g/mol. The molecule has 0 saturated heterocycles. The van der Waals surface area contributed by atoms with Gasteiger partial charge in [0.15, 0.2) is 0 Å². The Labute approximate surface area is 108 Å². The zero-order valence-electron chi connectivity index (χ0n) is 10.9. The van der Waals surface area contributed by atoms with Crippen molar-refractivity contribution in [3.8, 4) is 0 Å². The number of halogens is 1. The Kier molecular flexibility index (Phi) is 3.81. The topological polar surface area (TPSA) is 0 Å². The quantitative estimate of drug-likeness (QED) is 0.735. The molecule has 0 amide bonds. The van der Waals surface area contributed by atoms with Gasteiger partial charge in [-0.1, -0.05) is 74.5 Å². The van der Waals surface area contributed by atoms with Crippen LogP contribution in [0.4, 0.5) is 4.39 Å². The van der Waals surface area contributed by atoms with Crippen LogP contribution in [0.3, 0.4) is 0 Å². The van der Waals surface area contributed by atoms with E-state index < -0.39 is 5.41 Å². The SMILES string of the molecule is CC(C)C(CF)(c1ccccc1)c1ccccc1. The highest BCUT2D eigenvalue weighted by Crippen LogP contribution is 2.39. The summed E-state index contributed by atoms with van der Waals surface area (Å²) in [7, 11) is 0. The second-order valence-corrected chi connectivity index (χ2v) is 4.99. The Morgan fingerprint density at radius 2 is 1.22 bits per heavy atom. The molecule has 94 valence electrons. The molecule has 18 heavy (non-hydrogen) atoms. The molecule has 0 saturated carbocycles. The van der Waals surface area contributed by atoms with Crippen LogP contribution in [-0.2, 0) is 5.41 Å². The van der Waals surface area contributed by atoms with Crippen molar-refractivity contribution in [2.24, 2.45) is 5.92 Å². The van der Waals surface area contributed by atoms with Crippen LogP contribution in [0.15, 0.2) is 60.7 Å². The van der Waals surface area contributed by atoms with E-state index in [9.17, 15) is 4.39 Å². The van der Waals surface area contributed by atoms with Gasteiger partial charge < -0.3 is 0 Å². The van der Waals surface area contributed by atoms with E-state index in [1.165, 1.54) is 0 Å². The number of alkyl halides is 1. The fourth-order valence-electron chi connectivity index (χ4n) is 2.61. The first kappa shape index (κ1) is 12.8. The maximum absolute atomic E-state index is 13.9. The lowest BCUT2D eigenvalue weighted by molar-refractivity contribution is 0.276. The zero-order valence-corrected chi connectivity index (χ0v) is 10.9. The summed E-state index contributed by atoms with van der Waals surface area (Å²) >= 11 is 0. The Balaban J connectivity index is 2.61. The van der Waals surface area contributed by atoms with Gasteiger partial charge in [0.05, 0.1) is 5.41 Å². The molecule has 0 aliphatic heterocycles. The van der Waals surface area contributed by atoms with Crippen molar-refractivity contribution in [1.82, 2.24) is 0 Å². The number of benzene rings is 2. The molecule has 0 aliphatic carbocycles. The van der Waals surface area contributed by atoms with E-state index in [1.54, 1.807) is 0 Å². The van der Waals surface area contributed by atoms with E-state index >= 15 is 0 Å². The minimum atomic E-state index is -0.539. The van der Waals surface area contributed by atoms with Crippen LogP contribution in [0.1, 0.15) is 25.0 Å². The molecule has 0 bridgehead atoms. The first-order chi connectivity index (χ1) is 8.71. The van der Waals surface area contributed by atoms with Crippen molar-refractivity contribution in [3.05, 3.63) is 71.8 Å². The summed E-state index contributed by atoms with van der Waals surface area (Å²) in [6, 6.07) is 19.9. The monoisotopic (exact) mass is 242 g/mol. The van der Waals surface area contributed by atoms with Gasteiger partial charge in [-0.2, -0.15) is 0 Å². The summed E-state index contributed by atoms with van der Waals surface area (Å²) in [5.74, 6) is 0.201. The molecule has 2 aromatic carbocycles. The van der Waals surface area contributed by atoms with Crippen LogP contribution in [0, 0.1) is 5.92 Å². The van der Waals surface area contributed by atoms with Crippen molar-refractivity contribution in [2.75, 3.05) is 6.67 Å². The number of hydrogen-bond acceptors (Lipinski definition) is 0. The average molecular weight is 242 g/mol. The standard InChI is InChI=1S/C17H19F/c1-14(2)17(13-18,15-9-5-3-6-10-15)16-11-7-4-8-12-16/h3-12,14H,13H2,1-2H3. The van der Waals surface area contributed by atoms with Gasteiger partial charge in [0.25, 0.3) is 0 Å². The Bertz CT molecular complexity index is 434. The summed E-state index contributed by atoms with van der Waals surface area (Å²) in [6.07, 6.45) is 0. The number of hydrogen-bond donors (Lipinski definition) is 0. The molecule has 0 nitrogen and oxygen atoms in total. The molecule has 0 aromatic heterocycles. The van der Waals surface area contributed by atoms with Gasteiger partial charge in [-0.3, -0.25) is 0 Å². The minimum Gasteiger partial charge on any atom is -0.250 e. The normalized spacial score (nSPS) is 11.8. The van der Waals surface area contributed by atoms with Crippen molar-refractivity contribution in [1.29, 1.82) is 0 Å². The van der Waals surface area contributed by atoms with Gasteiger partial charge in [0.2, 0.25) is 0 Å².